The van der Waals surface area contributed by atoms with Crippen LogP contribution in [0.4, 0.5) is 30.7 Å². The van der Waals surface area contributed by atoms with E-state index in [2.05, 4.69) is 4.98 Å². The molecule has 0 saturated carbocycles. The van der Waals surface area contributed by atoms with E-state index in [4.69, 9.17) is 0 Å². The molecule has 0 bridgehead atoms. The molecule has 0 aliphatic rings. The molecule has 0 spiro atoms. The highest BCUT2D eigenvalue weighted by molar-refractivity contribution is 5.65. The first-order valence-corrected chi connectivity index (χ1v) is 5.50. The molecule has 2 aromatic rings. The lowest BCUT2D eigenvalue weighted by Gasteiger charge is -2.14. The molecule has 1 aromatic carbocycles. The van der Waals surface area contributed by atoms with Gasteiger partial charge in [0.1, 0.15) is 11.4 Å². The summed E-state index contributed by atoms with van der Waals surface area (Å²) < 4.78 is 89.6. The maximum absolute atomic E-state index is 13.4. The van der Waals surface area contributed by atoms with Gasteiger partial charge < -0.3 is 0 Å². The van der Waals surface area contributed by atoms with Gasteiger partial charge in [-0.2, -0.15) is 26.3 Å². The van der Waals surface area contributed by atoms with Gasteiger partial charge in [0.15, 0.2) is 0 Å². The lowest BCUT2D eigenvalue weighted by Crippen LogP contribution is -2.12. The Hall–Kier alpha value is -2.12. The maximum Gasteiger partial charge on any atom is 0.421 e. The van der Waals surface area contributed by atoms with Crippen molar-refractivity contribution in [1.29, 1.82) is 0 Å². The Balaban J connectivity index is 2.66. The third-order valence-electron chi connectivity index (χ3n) is 2.65. The van der Waals surface area contributed by atoms with Gasteiger partial charge in [0.2, 0.25) is 0 Å². The number of halogens is 7. The van der Waals surface area contributed by atoms with E-state index in [9.17, 15) is 30.7 Å². The summed E-state index contributed by atoms with van der Waals surface area (Å²) in [5, 5.41) is 0. The van der Waals surface area contributed by atoms with Crippen LogP contribution in [0.15, 0.2) is 36.5 Å². The third-order valence-corrected chi connectivity index (χ3v) is 2.65. The molecule has 0 N–H and O–H groups in total. The second kappa shape index (κ2) is 5.01. The summed E-state index contributed by atoms with van der Waals surface area (Å²) in [5.41, 5.74) is -4.17. The van der Waals surface area contributed by atoms with Crippen LogP contribution in [0.1, 0.15) is 11.1 Å². The minimum absolute atomic E-state index is 0.461. The Labute approximate surface area is 114 Å². The Morgan fingerprint density at radius 2 is 1.52 bits per heavy atom. The Kier molecular flexibility index (Phi) is 3.65. The minimum atomic E-state index is -5.07. The molecule has 0 radical (unpaired) electrons. The van der Waals surface area contributed by atoms with E-state index in [1.54, 1.807) is 0 Å². The quantitative estimate of drug-likeness (QED) is 0.681. The van der Waals surface area contributed by atoms with Crippen molar-refractivity contribution in [2.45, 2.75) is 12.4 Å². The molecule has 0 aliphatic heterocycles. The van der Waals surface area contributed by atoms with Crippen molar-refractivity contribution < 1.29 is 30.7 Å². The van der Waals surface area contributed by atoms with Gasteiger partial charge in [-0.25, -0.2) is 4.39 Å². The zero-order chi connectivity index (χ0) is 15.8. The number of rotatable bonds is 1. The van der Waals surface area contributed by atoms with Crippen molar-refractivity contribution in [3.8, 4) is 11.3 Å². The summed E-state index contributed by atoms with van der Waals surface area (Å²) in [6, 6.07) is 3.64. The predicted molar refractivity (Wildman–Crippen MR) is 59.6 cm³/mol. The zero-order valence-electron chi connectivity index (χ0n) is 10.1. The molecule has 0 aliphatic carbocycles. The van der Waals surface area contributed by atoms with E-state index in [-0.39, 0.29) is 0 Å². The number of benzene rings is 1. The standard InChI is InChI=1S/C13H6F7N/c14-9-4-5-21-11(10(9)13(18,19)20)7-2-1-3-8(6-7)12(15,16)17/h1-6H. The van der Waals surface area contributed by atoms with Crippen molar-refractivity contribution in [2.75, 3.05) is 0 Å². The van der Waals surface area contributed by atoms with Gasteiger partial charge >= 0.3 is 12.4 Å². The number of pyridine rings is 1. The third kappa shape index (κ3) is 3.14. The van der Waals surface area contributed by atoms with E-state index >= 15 is 0 Å². The van der Waals surface area contributed by atoms with E-state index < -0.39 is 40.6 Å². The Bertz CT molecular complexity index is 658. The average molecular weight is 309 g/mol. The Morgan fingerprint density at radius 1 is 0.857 bits per heavy atom. The largest absolute Gasteiger partial charge is 0.421 e. The Morgan fingerprint density at radius 3 is 2.10 bits per heavy atom. The lowest BCUT2D eigenvalue weighted by atomic mass is 10.0. The van der Waals surface area contributed by atoms with Crippen molar-refractivity contribution in [2.24, 2.45) is 0 Å². The van der Waals surface area contributed by atoms with Crippen LogP contribution in [0.5, 0.6) is 0 Å². The fraction of sp³-hybridized carbons (Fsp3) is 0.154. The molecule has 0 fully saturated rings. The molecule has 8 heteroatoms. The average Bonchev–Trinajstić information content (AvgIpc) is 2.36. The fourth-order valence-corrected chi connectivity index (χ4v) is 1.77. The zero-order valence-corrected chi connectivity index (χ0v) is 10.1. The molecule has 21 heavy (non-hydrogen) atoms. The molecular formula is C13H6F7N. The van der Waals surface area contributed by atoms with Crippen LogP contribution in [-0.2, 0) is 12.4 Å². The number of hydrogen-bond donors (Lipinski definition) is 0. The molecule has 0 atom stereocenters. The second-order valence-electron chi connectivity index (χ2n) is 4.09. The van der Waals surface area contributed by atoms with E-state index in [1.165, 1.54) is 0 Å². The summed E-state index contributed by atoms with van der Waals surface area (Å²) in [5.74, 6) is -1.59. The normalized spacial score (nSPS) is 12.5. The number of alkyl halides is 6. The molecule has 0 saturated heterocycles. The van der Waals surface area contributed by atoms with E-state index in [1.807, 2.05) is 0 Å². The van der Waals surface area contributed by atoms with Gasteiger partial charge in [0.25, 0.3) is 0 Å². The first-order chi connectivity index (χ1) is 9.60. The molecular weight excluding hydrogens is 303 g/mol. The molecule has 1 heterocycles. The van der Waals surface area contributed by atoms with Crippen LogP contribution in [0.3, 0.4) is 0 Å². The van der Waals surface area contributed by atoms with Crippen molar-refractivity contribution >= 4 is 0 Å². The monoisotopic (exact) mass is 309 g/mol. The summed E-state index contributed by atoms with van der Waals surface area (Å²) in [7, 11) is 0. The van der Waals surface area contributed by atoms with Crippen LogP contribution >= 0.6 is 0 Å². The molecule has 1 nitrogen and oxygen atoms in total. The first-order valence-electron chi connectivity index (χ1n) is 5.50. The topological polar surface area (TPSA) is 12.9 Å². The lowest BCUT2D eigenvalue weighted by molar-refractivity contribution is -0.139. The van der Waals surface area contributed by atoms with Gasteiger partial charge in [0, 0.05) is 11.8 Å². The summed E-state index contributed by atoms with van der Waals surface area (Å²) in [6.07, 6.45) is -9.02. The molecule has 2 rings (SSSR count). The van der Waals surface area contributed by atoms with Gasteiger partial charge in [-0.3, -0.25) is 4.98 Å². The SMILES string of the molecule is Fc1ccnc(-c2cccc(C(F)(F)F)c2)c1C(F)(F)F. The molecule has 1 aromatic heterocycles. The van der Waals surface area contributed by atoms with Gasteiger partial charge in [-0.15, -0.1) is 0 Å². The number of aromatic nitrogens is 1. The fourth-order valence-electron chi connectivity index (χ4n) is 1.77. The first kappa shape index (κ1) is 15.3. The number of hydrogen-bond acceptors (Lipinski definition) is 1. The van der Waals surface area contributed by atoms with Crippen LogP contribution < -0.4 is 0 Å². The molecule has 0 unspecified atom stereocenters. The van der Waals surface area contributed by atoms with Crippen molar-refractivity contribution in [3.63, 3.8) is 0 Å². The van der Waals surface area contributed by atoms with E-state index in [0.717, 1.165) is 18.3 Å². The summed E-state index contributed by atoms with van der Waals surface area (Å²) >= 11 is 0. The summed E-state index contributed by atoms with van der Waals surface area (Å²) in [6.45, 7) is 0. The predicted octanol–water partition coefficient (Wildman–Crippen LogP) is 4.93. The van der Waals surface area contributed by atoms with Crippen LogP contribution in [0.2, 0.25) is 0 Å². The van der Waals surface area contributed by atoms with Gasteiger partial charge in [-0.1, -0.05) is 12.1 Å². The highest BCUT2D eigenvalue weighted by atomic mass is 19.4. The number of nitrogens with zero attached hydrogens (tertiary/aromatic N) is 1. The van der Waals surface area contributed by atoms with Gasteiger partial charge in [0.05, 0.1) is 11.3 Å². The van der Waals surface area contributed by atoms with Crippen LogP contribution in [0.25, 0.3) is 11.3 Å². The summed E-state index contributed by atoms with van der Waals surface area (Å²) in [4.78, 5) is 3.37. The van der Waals surface area contributed by atoms with Crippen LogP contribution in [-0.4, -0.2) is 4.98 Å². The van der Waals surface area contributed by atoms with Gasteiger partial charge in [-0.05, 0) is 18.2 Å². The van der Waals surface area contributed by atoms with Crippen molar-refractivity contribution in [1.82, 2.24) is 4.98 Å². The highest BCUT2D eigenvalue weighted by Crippen LogP contribution is 2.39. The molecule has 0 amide bonds. The minimum Gasteiger partial charge on any atom is -0.255 e. The smallest absolute Gasteiger partial charge is 0.255 e. The molecule has 112 valence electrons. The second-order valence-corrected chi connectivity index (χ2v) is 4.09. The maximum atomic E-state index is 13.4. The van der Waals surface area contributed by atoms with Crippen molar-refractivity contribution in [3.05, 3.63) is 53.5 Å². The van der Waals surface area contributed by atoms with Crippen LogP contribution in [0, 0.1) is 5.82 Å². The van der Waals surface area contributed by atoms with E-state index in [0.29, 0.717) is 18.2 Å². The highest BCUT2D eigenvalue weighted by Gasteiger charge is 2.38.